The smallest absolute Gasteiger partial charge is 0.275 e. The third-order valence-electron chi connectivity index (χ3n) is 1.94. The fraction of sp³-hybridized carbons (Fsp3) is 0.200. The van der Waals surface area contributed by atoms with Gasteiger partial charge in [-0.3, -0.25) is 4.79 Å². The summed E-state index contributed by atoms with van der Waals surface area (Å²) in [6.45, 7) is 0. The van der Waals surface area contributed by atoms with Crippen LogP contribution < -0.4 is 0 Å². The summed E-state index contributed by atoms with van der Waals surface area (Å²) in [5.74, 6) is 0.474. The summed E-state index contributed by atoms with van der Waals surface area (Å²) in [5.41, 5.74) is 1.28. The Balaban J connectivity index is 2.29. The van der Waals surface area contributed by atoms with Crippen molar-refractivity contribution in [3.05, 3.63) is 28.6 Å². The molecular weight excluding hydrogens is 212 g/mol. The molecule has 2 heterocycles. The second-order valence-corrected chi connectivity index (χ2v) is 4.07. The normalized spacial score (nSPS) is 10.3. The molecule has 0 aromatic carbocycles. The number of hydrogen-bond donors (Lipinski definition) is 0. The fourth-order valence-corrected chi connectivity index (χ4v) is 1.79. The van der Waals surface area contributed by atoms with Crippen molar-refractivity contribution < 1.29 is 9.32 Å². The van der Waals surface area contributed by atoms with Crippen LogP contribution in [0.4, 0.5) is 0 Å². The van der Waals surface area contributed by atoms with Crippen LogP contribution in [0.5, 0.6) is 0 Å². The van der Waals surface area contributed by atoms with Crippen LogP contribution in [0.15, 0.2) is 27.4 Å². The van der Waals surface area contributed by atoms with Crippen LogP contribution in [0.1, 0.15) is 10.5 Å². The van der Waals surface area contributed by atoms with E-state index in [1.807, 2.05) is 16.8 Å². The summed E-state index contributed by atoms with van der Waals surface area (Å²) in [4.78, 5) is 13.0. The summed E-state index contributed by atoms with van der Waals surface area (Å²) in [6.07, 6.45) is 0. The van der Waals surface area contributed by atoms with E-state index in [0.717, 1.165) is 5.56 Å². The van der Waals surface area contributed by atoms with Crippen LogP contribution in [-0.2, 0) is 0 Å². The van der Waals surface area contributed by atoms with Crippen molar-refractivity contribution >= 4 is 17.2 Å². The van der Waals surface area contributed by atoms with Crippen molar-refractivity contribution in [3.63, 3.8) is 0 Å². The van der Waals surface area contributed by atoms with Gasteiger partial charge in [0.25, 0.3) is 5.91 Å². The predicted octanol–water partition coefficient (Wildman–Crippen LogP) is 2.10. The highest BCUT2D eigenvalue weighted by atomic mass is 32.1. The van der Waals surface area contributed by atoms with Crippen molar-refractivity contribution in [2.75, 3.05) is 14.1 Å². The van der Waals surface area contributed by atoms with E-state index in [4.69, 9.17) is 4.52 Å². The van der Waals surface area contributed by atoms with Gasteiger partial charge in [-0.25, -0.2) is 0 Å². The van der Waals surface area contributed by atoms with Crippen LogP contribution in [0, 0.1) is 0 Å². The maximum absolute atomic E-state index is 11.5. The van der Waals surface area contributed by atoms with Crippen molar-refractivity contribution in [2.45, 2.75) is 0 Å². The molecule has 0 saturated heterocycles. The largest absolute Gasteiger partial charge is 0.355 e. The fourth-order valence-electron chi connectivity index (χ4n) is 1.15. The van der Waals surface area contributed by atoms with Gasteiger partial charge in [-0.2, -0.15) is 11.3 Å². The van der Waals surface area contributed by atoms with Crippen LogP contribution in [0.3, 0.4) is 0 Å². The average molecular weight is 222 g/mol. The Morgan fingerprint density at radius 1 is 1.53 bits per heavy atom. The van der Waals surface area contributed by atoms with Gasteiger partial charge in [0.1, 0.15) is 0 Å². The first-order valence-corrected chi connectivity index (χ1v) is 5.33. The topological polar surface area (TPSA) is 46.3 Å². The molecule has 2 aromatic rings. The SMILES string of the molecule is CN(C)C(=O)c1cc(-c2ccsc2)on1. The van der Waals surface area contributed by atoms with Gasteiger partial charge < -0.3 is 9.42 Å². The molecule has 0 saturated carbocycles. The van der Waals surface area contributed by atoms with Crippen LogP contribution in [0.2, 0.25) is 0 Å². The Kier molecular flexibility index (Phi) is 2.55. The van der Waals surface area contributed by atoms with Gasteiger partial charge in [-0.15, -0.1) is 0 Å². The lowest BCUT2D eigenvalue weighted by atomic mass is 10.2. The van der Waals surface area contributed by atoms with Gasteiger partial charge in [0.15, 0.2) is 11.5 Å². The second kappa shape index (κ2) is 3.86. The molecule has 0 fully saturated rings. The number of rotatable bonds is 2. The highest BCUT2D eigenvalue weighted by Gasteiger charge is 2.14. The standard InChI is InChI=1S/C10H10N2O2S/c1-12(2)10(13)8-5-9(14-11-8)7-3-4-15-6-7/h3-6H,1-2H3. The van der Waals surface area contributed by atoms with E-state index in [0.29, 0.717) is 11.5 Å². The number of amides is 1. The molecule has 0 unspecified atom stereocenters. The van der Waals surface area contributed by atoms with Crippen molar-refractivity contribution in [3.8, 4) is 11.3 Å². The molecule has 0 bridgehead atoms. The highest BCUT2D eigenvalue weighted by molar-refractivity contribution is 7.08. The zero-order valence-corrected chi connectivity index (χ0v) is 9.25. The van der Waals surface area contributed by atoms with Crippen molar-refractivity contribution in [1.29, 1.82) is 0 Å². The highest BCUT2D eigenvalue weighted by Crippen LogP contribution is 2.22. The van der Waals surface area contributed by atoms with Gasteiger partial charge in [-0.1, -0.05) is 5.16 Å². The summed E-state index contributed by atoms with van der Waals surface area (Å²) in [5, 5.41) is 7.63. The van der Waals surface area contributed by atoms with E-state index < -0.39 is 0 Å². The number of nitrogens with zero attached hydrogens (tertiary/aromatic N) is 2. The number of hydrogen-bond acceptors (Lipinski definition) is 4. The van der Waals surface area contributed by atoms with Gasteiger partial charge in [-0.05, 0) is 11.4 Å². The monoisotopic (exact) mass is 222 g/mol. The number of carbonyl (C=O) groups is 1. The third-order valence-corrected chi connectivity index (χ3v) is 2.62. The Hall–Kier alpha value is -1.62. The minimum atomic E-state index is -0.153. The Morgan fingerprint density at radius 2 is 2.33 bits per heavy atom. The number of aromatic nitrogens is 1. The number of thiophene rings is 1. The van der Waals surface area contributed by atoms with Gasteiger partial charge in [0.2, 0.25) is 0 Å². The quantitative estimate of drug-likeness (QED) is 0.781. The maximum Gasteiger partial charge on any atom is 0.275 e. The molecule has 15 heavy (non-hydrogen) atoms. The van der Waals surface area contributed by atoms with Crippen LogP contribution >= 0.6 is 11.3 Å². The maximum atomic E-state index is 11.5. The zero-order valence-electron chi connectivity index (χ0n) is 8.43. The van der Waals surface area contributed by atoms with E-state index >= 15 is 0 Å². The Bertz CT molecular complexity index is 459. The van der Waals surface area contributed by atoms with Crippen molar-refractivity contribution in [1.82, 2.24) is 10.1 Å². The molecule has 0 aliphatic carbocycles. The molecule has 78 valence electrons. The number of carbonyl (C=O) groups excluding carboxylic acids is 1. The molecule has 0 spiro atoms. The zero-order chi connectivity index (χ0) is 10.8. The Labute approximate surface area is 91.1 Å². The summed E-state index contributed by atoms with van der Waals surface area (Å²) in [7, 11) is 3.36. The first kappa shape index (κ1) is 9.92. The summed E-state index contributed by atoms with van der Waals surface area (Å²) >= 11 is 1.58. The molecule has 4 nitrogen and oxygen atoms in total. The molecule has 0 atom stereocenters. The predicted molar refractivity (Wildman–Crippen MR) is 57.8 cm³/mol. The molecule has 0 N–H and O–H groups in total. The molecule has 2 aromatic heterocycles. The van der Waals surface area contributed by atoms with E-state index in [1.54, 1.807) is 31.5 Å². The lowest BCUT2D eigenvalue weighted by Gasteiger charge is -2.05. The Morgan fingerprint density at radius 3 is 2.93 bits per heavy atom. The van der Waals surface area contributed by atoms with Gasteiger partial charge >= 0.3 is 0 Å². The molecule has 0 aliphatic rings. The van der Waals surface area contributed by atoms with Gasteiger partial charge in [0.05, 0.1) is 0 Å². The third kappa shape index (κ3) is 1.92. The molecule has 0 aliphatic heterocycles. The average Bonchev–Trinajstić information content (AvgIpc) is 2.86. The lowest BCUT2D eigenvalue weighted by Crippen LogP contribution is -2.21. The molecule has 1 amide bonds. The van der Waals surface area contributed by atoms with Crippen LogP contribution in [-0.4, -0.2) is 30.1 Å². The summed E-state index contributed by atoms with van der Waals surface area (Å²) in [6, 6.07) is 3.58. The molecule has 2 rings (SSSR count). The van der Waals surface area contributed by atoms with Crippen molar-refractivity contribution in [2.24, 2.45) is 0 Å². The molecule has 0 radical (unpaired) electrons. The minimum Gasteiger partial charge on any atom is -0.355 e. The van der Waals surface area contributed by atoms with E-state index in [9.17, 15) is 4.79 Å². The van der Waals surface area contributed by atoms with E-state index in [-0.39, 0.29) is 5.91 Å². The molecule has 5 heteroatoms. The van der Waals surface area contributed by atoms with Gasteiger partial charge in [0, 0.05) is 31.1 Å². The van der Waals surface area contributed by atoms with E-state index in [2.05, 4.69) is 5.16 Å². The summed E-state index contributed by atoms with van der Waals surface area (Å²) < 4.78 is 5.09. The lowest BCUT2D eigenvalue weighted by molar-refractivity contribution is 0.0817. The minimum absolute atomic E-state index is 0.153. The second-order valence-electron chi connectivity index (χ2n) is 3.29. The molecular formula is C10H10N2O2S. The first-order valence-electron chi connectivity index (χ1n) is 4.39. The van der Waals surface area contributed by atoms with E-state index in [1.165, 1.54) is 4.90 Å². The first-order chi connectivity index (χ1) is 7.18. The van der Waals surface area contributed by atoms with Crippen LogP contribution in [0.25, 0.3) is 11.3 Å².